The second-order valence-corrected chi connectivity index (χ2v) is 8.63. The van der Waals surface area contributed by atoms with Gasteiger partial charge in [-0.2, -0.15) is 5.26 Å². The third-order valence-corrected chi connectivity index (χ3v) is 5.13. The van der Waals surface area contributed by atoms with Crippen LogP contribution in [0.15, 0.2) is 37.3 Å². The zero-order chi connectivity index (χ0) is 25.5. The van der Waals surface area contributed by atoms with Gasteiger partial charge in [-0.1, -0.05) is 6.58 Å². The summed E-state index contributed by atoms with van der Waals surface area (Å²) >= 11 is 0. The van der Waals surface area contributed by atoms with E-state index in [9.17, 15) is 9.18 Å². The first-order valence-electron chi connectivity index (χ1n) is 11.1. The van der Waals surface area contributed by atoms with Crippen LogP contribution in [0.5, 0.6) is 0 Å². The third-order valence-electron chi connectivity index (χ3n) is 5.13. The molecule has 0 saturated heterocycles. The number of alkyl halides is 1. The van der Waals surface area contributed by atoms with E-state index in [1.54, 1.807) is 44.0 Å². The highest BCUT2D eigenvalue weighted by Gasteiger charge is 2.30. The van der Waals surface area contributed by atoms with Gasteiger partial charge in [0.25, 0.3) is 5.91 Å². The lowest BCUT2D eigenvalue weighted by molar-refractivity contribution is -0.0641. The Morgan fingerprint density at radius 2 is 2.06 bits per heavy atom. The first kappa shape index (κ1) is 26.7. The fourth-order valence-electron chi connectivity index (χ4n) is 3.34. The number of carbonyl (C=O) groups is 1. The van der Waals surface area contributed by atoms with Crippen LogP contribution in [0.1, 0.15) is 56.1 Å². The summed E-state index contributed by atoms with van der Waals surface area (Å²) < 4.78 is 20.1. The van der Waals surface area contributed by atoms with Crippen LogP contribution in [0.25, 0.3) is 0 Å². The number of rotatable bonds is 11. The molecule has 34 heavy (non-hydrogen) atoms. The monoisotopic (exact) mass is 468 g/mol. The molecule has 182 valence electrons. The first-order valence-corrected chi connectivity index (χ1v) is 11.1. The van der Waals surface area contributed by atoms with E-state index < -0.39 is 17.7 Å². The molecule has 0 aliphatic heterocycles. The molecule has 9 heteroatoms. The van der Waals surface area contributed by atoms with E-state index in [1.165, 1.54) is 12.4 Å². The van der Waals surface area contributed by atoms with Crippen LogP contribution in [0, 0.1) is 18.3 Å². The maximum Gasteiger partial charge on any atom is 0.255 e. The summed E-state index contributed by atoms with van der Waals surface area (Å²) in [5, 5.41) is 15.0. The highest BCUT2D eigenvalue weighted by molar-refractivity contribution is 6.00. The smallest absolute Gasteiger partial charge is 0.255 e. The van der Waals surface area contributed by atoms with Crippen molar-refractivity contribution in [3.63, 3.8) is 0 Å². The van der Waals surface area contributed by atoms with Crippen molar-refractivity contribution in [2.75, 3.05) is 23.4 Å². The molecule has 0 fully saturated rings. The minimum Gasteiger partial charge on any atom is -0.382 e. The van der Waals surface area contributed by atoms with Gasteiger partial charge < -0.3 is 15.4 Å². The molecule has 0 radical (unpaired) electrons. The third kappa shape index (κ3) is 6.51. The van der Waals surface area contributed by atoms with Gasteiger partial charge in [-0.15, -0.1) is 0 Å². The van der Waals surface area contributed by atoms with Crippen LogP contribution < -0.4 is 15.5 Å². The number of nitriles is 1. The fraction of sp³-hybridized carbons (Fsp3) is 0.440. The number of halogens is 1. The van der Waals surface area contributed by atoms with Crippen LogP contribution in [0.3, 0.4) is 0 Å². The lowest BCUT2D eigenvalue weighted by Gasteiger charge is -2.28. The van der Waals surface area contributed by atoms with Gasteiger partial charge in [-0.3, -0.25) is 9.69 Å². The summed E-state index contributed by atoms with van der Waals surface area (Å²) in [6.07, 6.45) is 3.09. The highest BCUT2D eigenvalue weighted by Crippen LogP contribution is 2.29. The van der Waals surface area contributed by atoms with E-state index in [4.69, 9.17) is 10.00 Å². The minimum atomic E-state index is -1.38. The van der Waals surface area contributed by atoms with Crippen LogP contribution in [-0.2, 0) is 4.74 Å². The SMILES string of the molecule is C=CN(c1cc(NC(C)C)c(C(=O)NCC(F)C(C)(C)OCC)cn1)c1ncc(C#N)cc1C. The number of nitrogens with zero attached hydrogens (tertiary/aromatic N) is 4. The summed E-state index contributed by atoms with van der Waals surface area (Å²) in [4.78, 5) is 23.4. The Kier molecular flexibility index (Phi) is 9.10. The second kappa shape index (κ2) is 11.6. The summed E-state index contributed by atoms with van der Waals surface area (Å²) in [6.45, 7) is 14.9. The van der Waals surface area contributed by atoms with E-state index in [0.29, 0.717) is 29.5 Å². The molecule has 0 spiro atoms. The van der Waals surface area contributed by atoms with Gasteiger partial charge in [0.1, 0.15) is 23.9 Å². The van der Waals surface area contributed by atoms with E-state index in [1.807, 2.05) is 20.8 Å². The maximum atomic E-state index is 14.6. The van der Waals surface area contributed by atoms with E-state index in [2.05, 4.69) is 33.2 Å². The van der Waals surface area contributed by atoms with Gasteiger partial charge in [0.2, 0.25) is 0 Å². The number of aromatic nitrogens is 2. The number of amides is 1. The summed E-state index contributed by atoms with van der Waals surface area (Å²) in [7, 11) is 0. The average Bonchev–Trinajstić information content (AvgIpc) is 2.78. The topological polar surface area (TPSA) is 103 Å². The molecule has 0 bridgehead atoms. The predicted octanol–water partition coefficient (Wildman–Crippen LogP) is 4.64. The quantitative estimate of drug-likeness (QED) is 0.495. The normalized spacial score (nSPS) is 12.1. The van der Waals surface area contributed by atoms with Gasteiger partial charge in [0.15, 0.2) is 0 Å². The number of pyridine rings is 2. The Hall–Kier alpha value is -3.51. The zero-order valence-corrected chi connectivity index (χ0v) is 20.6. The molecule has 8 nitrogen and oxygen atoms in total. The van der Waals surface area contributed by atoms with Crippen molar-refractivity contribution in [3.8, 4) is 6.07 Å². The number of aryl methyl sites for hydroxylation is 1. The van der Waals surface area contributed by atoms with E-state index >= 15 is 0 Å². The number of carbonyl (C=O) groups excluding carboxylic acids is 1. The molecule has 0 aliphatic rings. The van der Waals surface area contributed by atoms with Crippen molar-refractivity contribution in [1.82, 2.24) is 15.3 Å². The number of anilines is 3. The molecule has 0 saturated carbocycles. The molecule has 1 amide bonds. The van der Waals surface area contributed by atoms with Crippen LogP contribution >= 0.6 is 0 Å². The number of ether oxygens (including phenoxy) is 1. The second-order valence-electron chi connectivity index (χ2n) is 8.63. The van der Waals surface area contributed by atoms with Crippen molar-refractivity contribution in [2.24, 2.45) is 0 Å². The number of hydrogen-bond acceptors (Lipinski definition) is 7. The predicted molar refractivity (Wildman–Crippen MR) is 132 cm³/mol. The van der Waals surface area contributed by atoms with Gasteiger partial charge >= 0.3 is 0 Å². The van der Waals surface area contributed by atoms with Crippen molar-refractivity contribution in [1.29, 1.82) is 5.26 Å². The molecule has 2 heterocycles. The highest BCUT2D eigenvalue weighted by atomic mass is 19.1. The molecule has 0 aromatic carbocycles. The lowest BCUT2D eigenvalue weighted by atomic mass is 10.0. The molecule has 2 aromatic rings. The summed E-state index contributed by atoms with van der Waals surface area (Å²) in [5.41, 5.74) is 1.03. The Morgan fingerprint density at radius 3 is 2.62 bits per heavy atom. The molecular formula is C25H33FN6O2. The molecule has 2 N–H and O–H groups in total. The number of hydrogen-bond donors (Lipinski definition) is 2. The first-order chi connectivity index (χ1) is 16.0. The van der Waals surface area contributed by atoms with Gasteiger partial charge in [0, 0.05) is 37.3 Å². The largest absolute Gasteiger partial charge is 0.382 e. The molecule has 1 unspecified atom stereocenters. The van der Waals surface area contributed by atoms with Crippen LogP contribution in [-0.4, -0.2) is 46.8 Å². The van der Waals surface area contributed by atoms with Crippen LogP contribution in [0.2, 0.25) is 0 Å². The van der Waals surface area contributed by atoms with Crippen molar-refractivity contribution in [2.45, 2.75) is 59.4 Å². The van der Waals surface area contributed by atoms with Crippen molar-refractivity contribution >= 4 is 23.2 Å². The Bertz CT molecular complexity index is 1060. The van der Waals surface area contributed by atoms with E-state index in [0.717, 1.165) is 5.56 Å². The van der Waals surface area contributed by atoms with Gasteiger partial charge in [-0.05, 0) is 53.2 Å². The lowest BCUT2D eigenvalue weighted by Crippen LogP contribution is -2.44. The fourth-order valence-corrected chi connectivity index (χ4v) is 3.34. The summed E-state index contributed by atoms with van der Waals surface area (Å²) in [6, 6.07) is 5.54. The maximum absolute atomic E-state index is 14.6. The van der Waals surface area contributed by atoms with Gasteiger partial charge in [0.05, 0.1) is 29.0 Å². The van der Waals surface area contributed by atoms with Crippen LogP contribution in [0.4, 0.5) is 21.7 Å². The van der Waals surface area contributed by atoms with Gasteiger partial charge in [-0.25, -0.2) is 14.4 Å². The molecule has 2 aromatic heterocycles. The molecular weight excluding hydrogens is 435 g/mol. The molecule has 0 aliphatic carbocycles. The number of nitrogens with one attached hydrogen (secondary N) is 2. The Balaban J connectivity index is 2.35. The minimum absolute atomic E-state index is 0.0274. The average molecular weight is 469 g/mol. The zero-order valence-electron chi connectivity index (χ0n) is 20.6. The molecule has 2 rings (SSSR count). The Labute approximate surface area is 200 Å². The Morgan fingerprint density at radius 1 is 1.35 bits per heavy atom. The standard InChI is InChI=1S/C25H33FN6O2/c1-8-32(23-17(5)10-18(12-27)13-29-23)22-11-20(31-16(3)4)19(14-28-22)24(33)30-15-21(26)25(6,7)34-9-2/h8,10-11,13-14,16,21H,1,9,15H2,2-7H3,(H,28,31)(H,30,33). The molecule has 1 atom stereocenters. The summed E-state index contributed by atoms with van der Waals surface area (Å²) in [5.74, 6) is 0.596. The van der Waals surface area contributed by atoms with E-state index in [-0.39, 0.29) is 18.2 Å². The van der Waals surface area contributed by atoms with Crippen molar-refractivity contribution in [3.05, 3.63) is 54.0 Å². The van der Waals surface area contributed by atoms with Crippen molar-refractivity contribution < 1.29 is 13.9 Å².